The highest BCUT2D eigenvalue weighted by Crippen LogP contribution is 2.44. The minimum atomic E-state index is -4.42. The summed E-state index contributed by atoms with van der Waals surface area (Å²) in [5.74, 6) is 0.0933. The maximum absolute atomic E-state index is 13.0. The maximum atomic E-state index is 13.0. The molecule has 8 heteroatoms. The van der Waals surface area contributed by atoms with Gasteiger partial charge in [0.15, 0.2) is 11.5 Å². The zero-order chi connectivity index (χ0) is 29.1. The fraction of sp³-hybridized carbons (Fsp3) is 0.121. The second kappa shape index (κ2) is 11.3. The number of carboxylic acid groups (broad SMARTS) is 1. The van der Waals surface area contributed by atoms with Gasteiger partial charge < -0.3 is 19.3 Å². The van der Waals surface area contributed by atoms with Gasteiger partial charge in [-0.25, -0.2) is 4.79 Å². The fourth-order valence-corrected chi connectivity index (χ4v) is 4.73. The topological polar surface area (TPSA) is 65.0 Å². The predicted molar refractivity (Wildman–Crippen MR) is 151 cm³/mol. The number of aromatic carboxylic acids is 1. The van der Waals surface area contributed by atoms with E-state index in [2.05, 4.69) is 0 Å². The van der Waals surface area contributed by atoms with E-state index >= 15 is 0 Å². The van der Waals surface area contributed by atoms with Crippen LogP contribution in [0.1, 0.15) is 21.5 Å². The van der Waals surface area contributed by atoms with Gasteiger partial charge >= 0.3 is 12.1 Å². The molecule has 0 radical (unpaired) electrons. The van der Waals surface area contributed by atoms with Crippen LogP contribution in [0.3, 0.4) is 0 Å². The Labute approximate surface area is 234 Å². The van der Waals surface area contributed by atoms with Crippen LogP contribution in [-0.2, 0) is 12.8 Å². The van der Waals surface area contributed by atoms with Gasteiger partial charge in [0.1, 0.15) is 12.4 Å². The van der Waals surface area contributed by atoms with Crippen LogP contribution in [0.5, 0.6) is 17.2 Å². The first kappa shape index (κ1) is 27.6. The minimum Gasteiger partial charge on any atom is -0.493 e. The summed E-state index contributed by atoms with van der Waals surface area (Å²) in [4.78, 5) is 12.5. The molecular formula is C33H25F3O5. The van der Waals surface area contributed by atoms with Gasteiger partial charge in [0.2, 0.25) is 0 Å². The Morgan fingerprint density at radius 3 is 1.78 bits per heavy atom. The second-order valence-electron chi connectivity index (χ2n) is 9.28. The van der Waals surface area contributed by atoms with Gasteiger partial charge in [-0.2, -0.15) is 13.2 Å². The van der Waals surface area contributed by atoms with E-state index in [9.17, 15) is 23.1 Å². The highest BCUT2D eigenvalue weighted by Gasteiger charge is 2.30. The van der Waals surface area contributed by atoms with Crippen molar-refractivity contribution >= 4 is 16.7 Å². The summed E-state index contributed by atoms with van der Waals surface area (Å²) in [6, 6.07) is 26.3. The Bertz CT molecular complexity index is 1690. The smallest absolute Gasteiger partial charge is 0.416 e. The summed E-state index contributed by atoms with van der Waals surface area (Å²) < 4.78 is 56.1. The fourth-order valence-electron chi connectivity index (χ4n) is 4.73. The van der Waals surface area contributed by atoms with Gasteiger partial charge in [0, 0.05) is 10.9 Å². The predicted octanol–water partition coefficient (Wildman–Crippen LogP) is 8.49. The van der Waals surface area contributed by atoms with Crippen LogP contribution in [0.25, 0.3) is 33.0 Å². The van der Waals surface area contributed by atoms with Crippen molar-refractivity contribution in [3.63, 3.8) is 0 Å². The number of hydrogen-bond acceptors (Lipinski definition) is 4. The lowest BCUT2D eigenvalue weighted by Crippen LogP contribution is -2.04. The van der Waals surface area contributed by atoms with Crippen molar-refractivity contribution in [1.82, 2.24) is 0 Å². The summed E-state index contributed by atoms with van der Waals surface area (Å²) >= 11 is 0. The lowest BCUT2D eigenvalue weighted by atomic mass is 9.91. The summed E-state index contributed by atoms with van der Waals surface area (Å²) in [5.41, 5.74) is 2.55. The number of hydrogen-bond donors (Lipinski definition) is 1. The molecular weight excluding hydrogens is 533 g/mol. The number of methoxy groups -OCH3 is 2. The van der Waals surface area contributed by atoms with Crippen LogP contribution < -0.4 is 14.2 Å². The van der Waals surface area contributed by atoms with Crippen molar-refractivity contribution in [2.24, 2.45) is 0 Å². The van der Waals surface area contributed by atoms with Crippen molar-refractivity contribution in [3.05, 3.63) is 114 Å². The third-order valence-electron chi connectivity index (χ3n) is 6.79. The number of carboxylic acids is 1. The highest BCUT2D eigenvalue weighted by atomic mass is 19.4. The Kier molecular flexibility index (Phi) is 7.57. The lowest BCUT2D eigenvalue weighted by molar-refractivity contribution is -0.137. The minimum absolute atomic E-state index is 0.0232. The molecule has 0 aliphatic carbocycles. The van der Waals surface area contributed by atoms with Crippen LogP contribution in [-0.4, -0.2) is 25.3 Å². The van der Waals surface area contributed by atoms with Crippen molar-refractivity contribution in [1.29, 1.82) is 0 Å². The zero-order valence-electron chi connectivity index (χ0n) is 22.2. The third-order valence-corrected chi connectivity index (χ3v) is 6.79. The standard InChI is InChI=1S/C33H25F3O5/c1-39-29-16-25-26(17-30(29)40-2)31(27(32(37)38)18-28(25)41-19-20-6-4-3-5-7-20)23-10-8-21(9-11-23)22-12-14-24(15-13-22)33(34,35)36/h3-18H,19H2,1-2H3,(H,37,38). The van der Waals surface area contributed by atoms with Crippen molar-refractivity contribution in [3.8, 4) is 39.5 Å². The second-order valence-corrected chi connectivity index (χ2v) is 9.28. The SMILES string of the molecule is COc1cc2c(OCc3ccccc3)cc(C(=O)O)c(-c3ccc(-c4ccc(C(F)(F)F)cc4)cc3)c2cc1OC. The molecule has 0 aliphatic rings. The molecule has 5 rings (SSSR count). The molecule has 41 heavy (non-hydrogen) atoms. The van der Waals surface area contributed by atoms with Gasteiger partial charge in [0.05, 0.1) is 25.3 Å². The Hall–Kier alpha value is -4.98. The molecule has 0 aromatic heterocycles. The van der Waals surface area contributed by atoms with Crippen molar-refractivity contribution in [2.75, 3.05) is 14.2 Å². The molecule has 5 aromatic carbocycles. The zero-order valence-corrected chi connectivity index (χ0v) is 22.2. The van der Waals surface area contributed by atoms with E-state index in [-0.39, 0.29) is 12.2 Å². The molecule has 0 amide bonds. The van der Waals surface area contributed by atoms with Crippen LogP contribution in [0, 0.1) is 0 Å². The molecule has 0 aliphatic heterocycles. The van der Waals surface area contributed by atoms with Crippen LogP contribution in [0.15, 0.2) is 97.1 Å². The number of fused-ring (bicyclic) bond motifs is 1. The first-order valence-corrected chi connectivity index (χ1v) is 12.6. The first-order valence-electron chi connectivity index (χ1n) is 12.6. The molecule has 0 bridgehead atoms. The number of rotatable bonds is 8. The van der Waals surface area contributed by atoms with E-state index in [0.29, 0.717) is 50.3 Å². The average Bonchev–Trinajstić information content (AvgIpc) is 2.99. The largest absolute Gasteiger partial charge is 0.493 e. The van der Waals surface area contributed by atoms with E-state index in [1.165, 1.54) is 32.4 Å². The monoisotopic (exact) mass is 558 g/mol. The summed E-state index contributed by atoms with van der Waals surface area (Å²) in [6.07, 6.45) is -4.42. The normalized spacial score (nSPS) is 11.3. The maximum Gasteiger partial charge on any atom is 0.416 e. The molecule has 0 saturated heterocycles. The molecule has 0 fully saturated rings. The Morgan fingerprint density at radius 1 is 0.707 bits per heavy atom. The van der Waals surface area contributed by atoms with Gasteiger partial charge in [-0.05, 0) is 58.0 Å². The van der Waals surface area contributed by atoms with Gasteiger partial charge in [0.25, 0.3) is 0 Å². The molecule has 0 spiro atoms. The van der Waals surface area contributed by atoms with Crippen molar-refractivity contribution < 1.29 is 37.3 Å². The number of ether oxygens (including phenoxy) is 3. The number of halogens is 3. The van der Waals surface area contributed by atoms with Crippen LogP contribution in [0.2, 0.25) is 0 Å². The molecule has 5 aromatic rings. The third kappa shape index (κ3) is 5.68. The van der Waals surface area contributed by atoms with Crippen molar-refractivity contribution in [2.45, 2.75) is 12.8 Å². The van der Waals surface area contributed by atoms with E-state index < -0.39 is 17.7 Å². The van der Waals surface area contributed by atoms with Crippen LogP contribution >= 0.6 is 0 Å². The summed E-state index contributed by atoms with van der Waals surface area (Å²) in [5, 5.41) is 11.5. The molecule has 5 nitrogen and oxygen atoms in total. The molecule has 0 heterocycles. The quantitative estimate of drug-likeness (QED) is 0.207. The number of alkyl halides is 3. The highest BCUT2D eigenvalue weighted by molar-refractivity contribution is 6.10. The Balaban J connectivity index is 1.63. The molecule has 1 N–H and O–H groups in total. The van der Waals surface area contributed by atoms with E-state index in [1.807, 2.05) is 30.3 Å². The summed E-state index contributed by atoms with van der Waals surface area (Å²) in [6.45, 7) is 0.227. The molecule has 208 valence electrons. The molecule has 0 atom stereocenters. The van der Waals surface area contributed by atoms with Gasteiger partial charge in [-0.1, -0.05) is 66.7 Å². The number of benzene rings is 5. The average molecular weight is 559 g/mol. The van der Waals surface area contributed by atoms with E-state index in [4.69, 9.17) is 14.2 Å². The number of carbonyl (C=O) groups is 1. The van der Waals surface area contributed by atoms with Gasteiger partial charge in [-0.15, -0.1) is 0 Å². The van der Waals surface area contributed by atoms with E-state index in [1.54, 1.807) is 36.4 Å². The van der Waals surface area contributed by atoms with Crippen LogP contribution in [0.4, 0.5) is 13.2 Å². The molecule has 0 unspecified atom stereocenters. The first-order chi connectivity index (χ1) is 19.7. The Morgan fingerprint density at radius 2 is 1.24 bits per heavy atom. The van der Waals surface area contributed by atoms with Gasteiger partial charge in [-0.3, -0.25) is 0 Å². The lowest BCUT2D eigenvalue weighted by Gasteiger charge is -2.18. The van der Waals surface area contributed by atoms with E-state index in [0.717, 1.165) is 17.7 Å². The summed E-state index contributed by atoms with van der Waals surface area (Å²) in [7, 11) is 3.01. The molecule has 0 saturated carbocycles.